The Labute approximate surface area is 307 Å². The van der Waals surface area contributed by atoms with Crippen LogP contribution in [0.2, 0.25) is 0 Å². The summed E-state index contributed by atoms with van der Waals surface area (Å²) in [6.45, 7) is 0.0965. The molecule has 0 radical (unpaired) electrons. The number of aromatic nitrogens is 4. The molecule has 53 heavy (non-hydrogen) atoms. The van der Waals surface area contributed by atoms with Gasteiger partial charge in [0.15, 0.2) is 0 Å². The van der Waals surface area contributed by atoms with E-state index in [0.29, 0.717) is 23.6 Å². The normalized spacial score (nSPS) is 16.7. The predicted octanol–water partition coefficient (Wildman–Crippen LogP) is -3.25. The third-order valence-corrected chi connectivity index (χ3v) is 8.95. The number of thioether (sulfide) groups is 1. The standard InChI is InChI=1S/C31H45N11O10S/c1-53-8-6-20(31(51)52)39-28(48)21(9-16-12-34-14-36-16)40-27(47)19(4-5-25(44)45)38-29(49)23-3-2-7-42(23)30(50)22(10-17-13-35-15-37-17)41-26(46)18(32)11-24(33)43/h12-15,18-23H,2-11,32H2,1H3,(H2,33,43)(H,34,36)(H,35,37)(H,38,49)(H,39,48)(H,40,47)(H,41,46)(H,44,45)(H,51,52)/t18-,19-,20-,21-,22-,23-/m0/s1. The summed E-state index contributed by atoms with van der Waals surface area (Å²) < 4.78 is 0. The lowest BCUT2D eigenvalue weighted by molar-refractivity contribution is -0.143. The molecule has 6 atom stereocenters. The summed E-state index contributed by atoms with van der Waals surface area (Å²) >= 11 is 1.38. The number of rotatable bonds is 22. The van der Waals surface area contributed by atoms with Gasteiger partial charge in [-0.2, -0.15) is 11.8 Å². The summed E-state index contributed by atoms with van der Waals surface area (Å²) in [5.74, 6) is -7.02. The predicted molar refractivity (Wildman–Crippen MR) is 186 cm³/mol. The first-order valence-electron chi connectivity index (χ1n) is 16.6. The summed E-state index contributed by atoms with van der Waals surface area (Å²) in [6.07, 6.45) is 6.30. The van der Waals surface area contributed by atoms with Gasteiger partial charge in [0.05, 0.1) is 25.1 Å². The summed E-state index contributed by atoms with van der Waals surface area (Å²) in [7, 11) is 0. The Morgan fingerprint density at radius 1 is 0.868 bits per heavy atom. The number of carboxylic acids is 2. The van der Waals surface area contributed by atoms with E-state index in [1.54, 1.807) is 6.26 Å². The van der Waals surface area contributed by atoms with Gasteiger partial charge in [0.2, 0.25) is 35.4 Å². The van der Waals surface area contributed by atoms with Crippen LogP contribution in [-0.4, -0.2) is 137 Å². The second-order valence-corrected chi connectivity index (χ2v) is 13.3. The summed E-state index contributed by atoms with van der Waals surface area (Å²) in [6, 6.07) is -7.85. The molecule has 0 aromatic carbocycles. The van der Waals surface area contributed by atoms with Gasteiger partial charge in [0, 0.05) is 49.6 Å². The number of aromatic amines is 2. The van der Waals surface area contributed by atoms with Crippen molar-refractivity contribution >= 4 is 59.1 Å². The SMILES string of the molecule is CSCC[C@H](NC(=O)[C@H](Cc1cnc[nH]1)NC(=O)[C@H](CCC(=O)O)NC(=O)[C@@H]1CCCN1C(=O)[C@H](Cc1cnc[nH]1)NC(=O)[C@@H](N)CC(N)=O)C(=O)O. The molecule has 21 nitrogen and oxygen atoms in total. The minimum atomic E-state index is -1.49. The smallest absolute Gasteiger partial charge is 0.326 e. The van der Waals surface area contributed by atoms with Gasteiger partial charge >= 0.3 is 11.9 Å². The number of aliphatic carboxylic acids is 2. The number of H-pyrrole nitrogens is 2. The number of nitrogens with one attached hydrogen (secondary N) is 6. The number of imidazole rings is 2. The van der Waals surface area contributed by atoms with Gasteiger partial charge in [0.1, 0.15) is 30.2 Å². The molecule has 290 valence electrons. The highest BCUT2D eigenvalue weighted by Gasteiger charge is 2.40. The quantitative estimate of drug-likeness (QED) is 0.0564. The zero-order valence-electron chi connectivity index (χ0n) is 28.9. The number of likely N-dealkylation sites (tertiary alicyclic amines) is 1. The van der Waals surface area contributed by atoms with Crippen LogP contribution in [0.15, 0.2) is 25.0 Å². The van der Waals surface area contributed by atoms with Crippen molar-refractivity contribution in [3.63, 3.8) is 0 Å². The Kier molecular flexibility index (Phi) is 16.2. The van der Waals surface area contributed by atoms with E-state index in [2.05, 4.69) is 41.2 Å². The van der Waals surface area contributed by atoms with Gasteiger partial charge in [-0.3, -0.25) is 33.6 Å². The average Bonchev–Trinajstić information content (AvgIpc) is 3.91. The maximum atomic E-state index is 13.9. The Hall–Kier alpha value is -5.51. The summed E-state index contributed by atoms with van der Waals surface area (Å²) in [5, 5.41) is 29.0. The van der Waals surface area contributed by atoms with Crippen molar-refractivity contribution in [3.05, 3.63) is 36.4 Å². The van der Waals surface area contributed by atoms with Crippen molar-refractivity contribution in [1.29, 1.82) is 0 Å². The number of hydrogen-bond donors (Lipinski definition) is 10. The molecule has 0 saturated carbocycles. The third-order valence-electron chi connectivity index (χ3n) is 8.31. The number of hydrogen-bond acceptors (Lipinski definition) is 12. The zero-order chi connectivity index (χ0) is 39.1. The average molecular weight is 764 g/mol. The molecule has 2 aromatic heterocycles. The van der Waals surface area contributed by atoms with E-state index in [1.165, 1.54) is 41.7 Å². The number of primary amides is 1. The maximum absolute atomic E-state index is 13.9. The van der Waals surface area contributed by atoms with Gasteiger partial charge < -0.3 is 57.8 Å². The van der Waals surface area contributed by atoms with Crippen molar-refractivity contribution in [3.8, 4) is 0 Å². The first-order valence-corrected chi connectivity index (χ1v) is 18.0. The fourth-order valence-electron chi connectivity index (χ4n) is 5.58. The molecule has 3 heterocycles. The molecule has 0 spiro atoms. The number of nitrogens with two attached hydrogens (primary N) is 2. The molecule has 1 fully saturated rings. The Balaban J connectivity index is 1.81. The van der Waals surface area contributed by atoms with Crippen molar-refractivity contribution in [2.75, 3.05) is 18.6 Å². The van der Waals surface area contributed by atoms with Crippen LogP contribution >= 0.6 is 11.8 Å². The lowest BCUT2D eigenvalue weighted by Gasteiger charge is -2.30. The van der Waals surface area contributed by atoms with E-state index < -0.39 is 103 Å². The van der Waals surface area contributed by atoms with Crippen LogP contribution in [0.25, 0.3) is 0 Å². The number of carbonyl (C=O) groups is 8. The zero-order valence-corrected chi connectivity index (χ0v) is 29.7. The first-order chi connectivity index (χ1) is 25.2. The Morgan fingerprint density at radius 2 is 1.45 bits per heavy atom. The largest absolute Gasteiger partial charge is 0.481 e. The van der Waals surface area contributed by atoms with Crippen molar-refractivity contribution in [2.45, 2.75) is 87.6 Å². The Morgan fingerprint density at radius 3 is 2.00 bits per heavy atom. The minimum Gasteiger partial charge on any atom is -0.481 e. The molecule has 12 N–H and O–H groups in total. The van der Waals surface area contributed by atoms with Crippen LogP contribution in [0, 0.1) is 0 Å². The summed E-state index contributed by atoms with van der Waals surface area (Å²) in [4.78, 5) is 117. The van der Waals surface area contributed by atoms with E-state index >= 15 is 0 Å². The molecule has 3 rings (SSSR count). The van der Waals surface area contributed by atoms with Crippen molar-refractivity contribution in [1.82, 2.24) is 46.1 Å². The highest BCUT2D eigenvalue weighted by molar-refractivity contribution is 7.98. The minimum absolute atomic E-state index is 0.0812. The maximum Gasteiger partial charge on any atom is 0.326 e. The van der Waals surface area contributed by atoms with Gasteiger partial charge in [-0.25, -0.2) is 14.8 Å². The third kappa shape index (κ3) is 13.2. The van der Waals surface area contributed by atoms with Crippen LogP contribution in [0.5, 0.6) is 0 Å². The van der Waals surface area contributed by atoms with E-state index in [4.69, 9.17) is 11.5 Å². The number of carboxylic acid groups (broad SMARTS) is 2. The molecule has 6 amide bonds. The highest BCUT2D eigenvalue weighted by Crippen LogP contribution is 2.20. The van der Waals surface area contributed by atoms with E-state index in [1.807, 2.05) is 0 Å². The number of carbonyl (C=O) groups excluding carboxylic acids is 6. The molecule has 1 aliphatic heterocycles. The van der Waals surface area contributed by atoms with Gasteiger partial charge in [-0.05, 0) is 37.7 Å². The molecule has 0 unspecified atom stereocenters. The molecule has 2 aromatic rings. The first kappa shape index (κ1) is 41.9. The lowest BCUT2D eigenvalue weighted by atomic mass is 10.1. The van der Waals surface area contributed by atoms with E-state index in [9.17, 15) is 48.6 Å². The molecule has 0 aliphatic carbocycles. The van der Waals surface area contributed by atoms with Crippen LogP contribution < -0.4 is 32.7 Å². The fraction of sp³-hybridized carbons (Fsp3) is 0.548. The van der Waals surface area contributed by atoms with Gasteiger partial charge in [-0.15, -0.1) is 0 Å². The van der Waals surface area contributed by atoms with Gasteiger partial charge in [-0.1, -0.05) is 0 Å². The number of amides is 6. The molecule has 1 aliphatic rings. The highest BCUT2D eigenvalue weighted by atomic mass is 32.2. The second-order valence-electron chi connectivity index (χ2n) is 12.3. The topological polar surface area (TPSA) is 338 Å². The monoisotopic (exact) mass is 763 g/mol. The van der Waals surface area contributed by atoms with Gasteiger partial charge in [0.25, 0.3) is 0 Å². The second kappa shape index (κ2) is 20.5. The molecule has 0 bridgehead atoms. The van der Waals surface area contributed by atoms with Crippen LogP contribution in [0.3, 0.4) is 0 Å². The molecular formula is C31H45N11O10S. The van der Waals surface area contributed by atoms with Crippen LogP contribution in [0.4, 0.5) is 0 Å². The molecular weight excluding hydrogens is 718 g/mol. The number of nitrogens with zero attached hydrogens (tertiary/aromatic N) is 3. The van der Waals surface area contributed by atoms with Crippen molar-refractivity contribution < 1.29 is 48.6 Å². The molecule has 1 saturated heterocycles. The fourth-order valence-corrected chi connectivity index (χ4v) is 6.05. The van der Waals surface area contributed by atoms with Crippen LogP contribution in [-0.2, 0) is 51.2 Å². The summed E-state index contributed by atoms with van der Waals surface area (Å²) in [5.41, 5.74) is 11.8. The van der Waals surface area contributed by atoms with Crippen LogP contribution in [0.1, 0.15) is 49.9 Å². The molecule has 22 heteroatoms. The van der Waals surface area contributed by atoms with Crippen molar-refractivity contribution in [2.24, 2.45) is 11.5 Å². The van der Waals surface area contributed by atoms with E-state index in [0.717, 1.165) is 0 Å². The lowest BCUT2D eigenvalue weighted by Crippen LogP contribution is -2.59. The van der Waals surface area contributed by atoms with E-state index in [-0.39, 0.29) is 32.2 Å². The Bertz CT molecular complexity index is 1590.